The molecular weight excluding hydrogens is 252 g/mol. The normalized spacial score (nSPS) is 16.4. The lowest BCUT2D eigenvalue weighted by molar-refractivity contribution is 0.106. The maximum absolute atomic E-state index is 9.87. The van der Waals surface area contributed by atoms with Crippen LogP contribution in [-0.4, -0.2) is 55.4 Å². The number of hydrogen-bond donors (Lipinski definition) is 2. The number of hydrogen-bond acceptors (Lipinski definition) is 4. The largest absolute Gasteiger partial charge is 0.491 e. The van der Waals surface area contributed by atoms with Gasteiger partial charge in [0.2, 0.25) is 0 Å². The van der Waals surface area contributed by atoms with Crippen LogP contribution in [0.1, 0.15) is 18.4 Å². The highest BCUT2D eigenvalue weighted by atomic mass is 16.5. The van der Waals surface area contributed by atoms with Gasteiger partial charge in [-0.2, -0.15) is 0 Å². The summed E-state index contributed by atoms with van der Waals surface area (Å²) in [6.07, 6.45) is 2.20. The van der Waals surface area contributed by atoms with Crippen LogP contribution in [0.15, 0.2) is 24.3 Å². The summed E-state index contributed by atoms with van der Waals surface area (Å²) in [5.74, 6) is 0.817. The molecule has 0 heterocycles. The number of aliphatic hydroxyl groups excluding tert-OH is 1. The van der Waals surface area contributed by atoms with Crippen LogP contribution in [0, 0.1) is 6.92 Å². The molecule has 0 spiro atoms. The third kappa shape index (κ3) is 5.49. The Morgan fingerprint density at radius 2 is 2.25 bits per heavy atom. The molecule has 1 saturated carbocycles. The Bertz CT molecular complexity index is 407. The minimum Gasteiger partial charge on any atom is -0.491 e. The van der Waals surface area contributed by atoms with E-state index in [4.69, 9.17) is 4.74 Å². The fraction of sp³-hybridized carbons (Fsp3) is 0.625. The van der Waals surface area contributed by atoms with Crippen molar-refractivity contribution in [3.63, 3.8) is 0 Å². The predicted molar refractivity (Wildman–Crippen MR) is 81.2 cm³/mol. The summed E-state index contributed by atoms with van der Waals surface area (Å²) in [7, 11) is 2.16. The van der Waals surface area contributed by atoms with Gasteiger partial charge in [-0.15, -0.1) is 0 Å². The van der Waals surface area contributed by atoms with Crippen LogP contribution in [0.4, 0.5) is 0 Å². The molecule has 20 heavy (non-hydrogen) atoms. The fourth-order valence-corrected chi connectivity index (χ4v) is 2.18. The van der Waals surface area contributed by atoms with Gasteiger partial charge in [-0.1, -0.05) is 12.1 Å². The highest BCUT2D eigenvalue weighted by Crippen LogP contribution is 2.24. The number of nitrogens with zero attached hydrogens (tertiary/aromatic N) is 1. The van der Waals surface area contributed by atoms with Gasteiger partial charge in [0.25, 0.3) is 0 Å². The minimum atomic E-state index is -0.471. The first-order valence-corrected chi connectivity index (χ1v) is 7.43. The Labute approximate surface area is 121 Å². The van der Waals surface area contributed by atoms with E-state index >= 15 is 0 Å². The monoisotopic (exact) mass is 278 g/mol. The molecule has 1 aromatic carbocycles. The molecule has 0 saturated heterocycles. The molecular formula is C16H26N2O2. The van der Waals surface area contributed by atoms with Gasteiger partial charge < -0.3 is 20.1 Å². The van der Waals surface area contributed by atoms with Crippen molar-refractivity contribution in [1.82, 2.24) is 10.2 Å². The van der Waals surface area contributed by atoms with E-state index in [-0.39, 0.29) is 0 Å². The van der Waals surface area contributed by atoms with Crippen LogP contribution in [0.3, 0.4) is 0 Å². The number of aliphatic hydroxyl groups is 1. The van der Waals surface area contributed by atoms with Crippen molar-refractivity contribution in [2.24, 2.45) is 0 Å². The zero-order valence-electron chi connectivity index (χ0n) is 12.5. The standard InChI is InChI=1S/C16H26N2O2/c1-13-4-3-5-16(10-13)20-12-15(19)11-17-8-9-18(2)14-6-7-14/h3-5,10,14-15,17,19H,6-9,11-12H2,1-2H3. The maximum atomic E-state index is 9.87. The lowest BCUT2D eigenvalue weighted by Gasteiger charge is -2.17. The second-order valence-corrected chi connectivity index (χ2v) is 5.70. The van der Waals surface area contributed by atoms with Gasteiger partial charge in [0.15, 0.2) is 0 Å². The Hall–Kier alpha value is -1.10. The van der Waals surface area contributed by atoms with Gasteiger partial charge in [0, 0.05) is 25.7 Å². The van der Waals surface area contributed by atoms with Crippen molar-refractivity contribution >= 4 is 0 Å². The van der Waals surface area contributed by atoms with Crippen LogP contribution in [0.25, 0.3) is 0 Å². The number of rotatable bonds is 9. The number of likely N-dealkylation sites (N-methyl/N-ethyl adjacent to an activating group) is 1. The SMILES string of the molecule is Cc1cccc(OCC(O)CNCCN(C)C2CC2)c1. The maximum Gasteiger partial charge on any atom is 0.119 e. The predicted octanol–water partition coefficient (Wildman–Crippen LogP) is 1.42. The molecule has 112 valence electrons. The summed E-state index contributed by atoms with van der Waals surface area (Å²) >= 11 is 0. The van der Waals surface area contributed by atoms with Crippen LogP contribution in [0.2, 0.25) is 0 Å². The van der Waals surface area contributed by atoms with E-state index in [1.165, 1.54) is 18.4 Å². The molecule has 1 atom stereocenters. The van der Waals surface area contributed by atoms with Crippen molar-refractivity contribution in [3.05, 3.63) is 29.8 Å². The van der Waals surface area contributed by atoms with E-state index in [2.05, 4.69) is 17.3 Å². The third-order valence-electron chi connectivity index (χ3n) is 3.62. The molecule has 4 heteroatoms. The summed E-state index contributed by atoms with van der Waals surface area (Å²) < 4.78 is 5.57. The molecule has 0 aliphatic heterocycles. The smallest absolute Gasteiger partial charge is 0.119 e. The number of ether oxygens (including phenoxy) is 1. The zero-order chi connectivity index (χ0) is 14.4. The Morgan fingerprint density at radius 3 is 2.95 bits per heavy atom. The lowest BCUT2D eigenvalue weighted by atomic mass is 10.2. The Balaban J connectivity index is 1.54. The van der Waals surface area contributed by atoms with E-state index in [1.807, 2.05) is 31.2 Å². The Kier molecular flexibility index (Phi) is 5.83. The summed E-state index contributed by atoms with van der Waals surface area (Å²) in [6.45, 7) is 4.88. The van der Waals surface area contributed by atoms with E-state index in [9.17, 15) is 5.11 Å². The van der Waals surface area contributed by atoms with E-state index in [0.29, 0.717) is 13.2 Å². The number of benzene rings is 1. The molecule has 2 N–H and O–H groups in total. The highest BCUT2D eigenvalue weighted by molar-refractivity contribution is 5.27. The van der Waals surface area contributed by atoms with Gasteiger partial charge in [0.05, 0.1) is 0 Å². The van der Waals surface area contributed by atoms with Crippen LogP contribution in [-0.2, 0) is 0 Å². The first-order chi connectivity index (χ1) is 9.65. The van der Waals surface area contributed by atoms with Crippen molar-refractivity contribution in [2.45, 2.75) is 31.9 Å². The molecule has 0 aromatic heterocycles. The van der Waals surface area contributed by atoms with Crippen LogP contribution < -0.4 is 10.1 Å². The molecule has 1 aromatic rings. The van der Waals surface area contributed by atoms with Crippen molar-refractivity contribution in [1.29, 1.82) is 0 Å². The van der Waals surface area contributed by atoms with Gasteiger partial charge in [-0.25, -0.2) is 0 Å². The van der Waals surface area contributed by atoms with Crippen LogP contribution >= 0.6 is 0 Å². The molecule has 0 amide bonds. The molecule has 1 unspecified atom stereocenters. The average molecular weight is 278 g/mol. The van der Waals surface area contributed by atoms with Gasteiger partial charge in [-0.3, -0.25) is 0 Å². The van der Waals surface area contributed by atoms with E-state index in [1.54, 1.807) is 0 Å². The molecule has 0 radical (unpaired) electrons. The summed E-state index contributed by atoms with van der Waals surface area (Å²) in [4.78, 5) is 2.38. The van der Waals surface area contributed by atoms with Gasteiger partial charge in [0.1, 0.15) is 18.5 Å². The second kappa shape index (κ2) is 7.62. The average Bonchev–Trinajstić information content (AvgIpc) is 3.26. The van der Waals surface area contributed by atoms with Crippen molar-refractivity contribution in [2.75, 3.05) is 33.3 Å². The van der Waals surface area contributed by atoms with E-state index < -0.39 is 6.10 Å². The quantitative estimate of drug-likeness (QED) is 0.671. The topological polar surface area (TPSA) is 44.7 Å². The number of aryl methyl sites for hydroxylation is 1. The van der Waals surface area contributed by atoms with E-state index in [0.717, 1.165) is 24.9 Å². The summed E-state index contributed by atoms with van der Waals surface area (Å²) in [5.41, 5.74) is 1.17. The minimum absolute atomic E-state index is 0.328. The molecule has 2 rings (SSSR count). The zero-order valence-corrected chi connectivity index (χ0v) is 12.5. The number of nitrogens with one attached hydrogen (secondary N) is 1. The van der Waals surface area contributed by atoms with Gasteiger partial charge in [-0.05, 0) is 44.5 Å². The first kappa shape index (κ1) is 15.3. The molecule has 1 aliphatic rings. The van der Waals surface area contributed by atoms with Gasteiger partial charge >= 0.3 is 0 Å². The molecule has 4 nitrogen and oxygen atoms in total. The molecule has 0 bridgehead atoms. The van der Waals surface area contributed by atoms with Crippen LogP contribution in [0.5, 0.6) is 5.75 Å². The third-order valence-corrected chi connectivity index (χ3v) is 3.62. The molecule has 1 aliphatic carbocycles. The highest BCUT2D eigenvalue weighted by Gasteiger charge is 2.25. The van der Waals surface area contributed by atoms with Crippen molar-refractivity contribution < 1.29 is 9.84 Å². The second-order valence-electron chi connectivity index (χ2n) is 5.70. The molecule has 1 fully saturated rings. The lowest BCUT2D eigenvalue weighted by Crippen LogP contribution is -2.36. The summed E-state index contributed by atoms with van der Waals surface area (Å²) in [5, 5.41) is 13.1. The summed E-state index contributed by atoms with van der Waals surface area (Å²) in [6, 6.07) is 8.68. The fourth-order valence-electron chi connectivity index (χ4n) is 2.18. The first-order valence-electron chi connectivity index (χ1n) is 7.43. The Morgan fingerprint density at radius 1 is 1.45 bits per heavy atom. The van der Waals surface area contributed by atoms with Crippen molar-refractivity contribution in [3.8, 4) is 5.75 Å².